The lowest BCUT2D eigenvalue weighted by Gasteiger charge is -2.25. The molecule has 4 nitrogen and oxygen atoms in total. The summed E-state index contributed by atoms with van der Waals surface area (Å²) >= 11 is 0. The lowest BCUT2D eigenvalue weighted by molar-refractivity contribution is -0.120. The number of nitrogens with zero attached hydrogens (tertiary/aromatic N) is 2. The van der Waals surface area contributed by atoms with Crippen molar-refractivity contribution >= 4 is 11.7 Å². The zero-order valence-corrected chi connectivity index (χ0v) is 8.65. The van der Waals surface area contributed by atoms with Gasteiger partial charge in [0.2, 0.25) is 0 Å². The molecular formula is C11H11FN2O2. The van der Waals surface area contributed by atoms with Gasteiger partial charge in [0.05, 0.1) is 6.20 Å². The molecule has 16 heavy (non-hydrogen) atoms. The smallest absolute Gasteiger partial charge is 0.272 e. The fourth-order valence-corrected chi connectivity index (χ4v) is 1.62. The molecule has 1 fully saturated rings. The van der Waals surface area contributed by atoms with Gasteiger partial charge in [-0.3, -0.25) is 9.59 Å². The van der Waals surface area contributed by atoms with Gasteiger partial charge in [0.15, 0.2) is 0 Å². The lowest BCUT2D eigenvalue weighted by Crippen LogP contribution is -2.38. The van der Waals surface area contributed by atoms with E-state index in [4.69, 9.17) is 0 Å². The van der Waals surface area contributed by atoms with Crippen molar-refractivity contribution in [3.05, 3.63) is 29.8 Å². The first-order valence-corrected chi connectivity index (χ1v) is 5.09. The Balaban J connectivity index is 2.07. The molecule has 1 amide bonds. The Bertz CT molecular complexity index is 406. The first kappa shape index (κ1) is 10.7. The number of Topliss-reactive ketones (excluding diaryl/α,β-unsaturated/α-hetero) is 1. The van der Waals surface area contributed by atoms with E-state index in [-0.39, 0.29) is 17.4 Å². The number of hydrogen-bond acceptors (Lipinski definition) is 3. The summed E-state index contributed by atoms with van der Waals surface area (Å²) in [5.74, 6) is -0.533. The van der Waals surface area contributed by atoms with E-state index in [0.29, 0.717) is 25.9 Å². The molecule has 0 bridgehead atoms. The van der Waals surface area contributed by atoms with Crippen LogP contribution in [0.25, 0.3) is 0 Å². The maximum absolute atomic E-state index is 12.6. The molecule has 0 saturated carbocycles. The molecule has 1 aliphatic heterocycles. The summed E-state index contributed by atoms with van der Waals surface area (Å²) in [4.78, 5) is 28.1. The number of hydrogen-bond donors (Lipinski definition) is 0. The van der Waals surface area contributed by atoms with E-state index in [9.17, 15) is 14.0 Å². The highest BCUT2D eigenvalue weighted by molar-refractivity contribution is 5.93. The first-order valence-electron chi connectivity index (χ1n) is 5.09. The summed E-state index contributed by atoms with van der Waals surface area (Å²) in [6, 6.07) is 2.56. The molecule has 0 N–H and O–H groups in total. The van der Waals surface area contributed by atoms with E-state index in [1.807, 2.05) is 0 Å². The van der Waals surface area contributed by atoms with Gasteiger partial charge in [-0.05, 0) is 12.1 Å². The number of amides is 1. The summed E-state index contributed by atoms with van der Waals surface area (Å²) in [5.41, 5.74) is 0.218. The van der Waals surface area contributed by atoms with E-state index >= 15 is 0 Å². The molecule has 1 aromatic heterocycles. The third-order valence-corrected chi connectivity index (χ3v) is 2.55. The number of pyridine rings is 1. The molecule has 0 radical (unpaired) electrons. The maximum atomic E-state index is 12.6. The van der Waals surface area contributed by atoms with Crippen LogP contribution in [0.5, 0.6) is 0 Å². The minimum Gasteiger partial charge on any atom is -0.336 e. The van der Waals surface area contributed by atoms with Crippen LogP contribution in [0.15, 0.2) is 18.3 Å². The highest BCUT2D eigenvalue weighted by atomic mass is 19.1. The highest BCUT2D eigenvalue weighted by Crippen LogP contribution is 2.10. The standard InChI is InChI=1S/C11H11FN2O2/c12-8-1-2-10(13-7-8)11(16)14-5-3-9(15)4-6-14/h1-2,7H,3-6H2. The molecule has 0 aliphatic carbocycles. The van der Waals surface area contributed by atoms with Crippen LogP contribution in [0.4, 0.5) is 4.39 Å². The average Bonchev–Trinajstić information content (AvgIpc) is 2.30. The zero-order chi connectivity index (χ0) is 11.5. The number of piperidine rings is 1. The van der Waals surface area contributed by atoms with Crippen molar-refractivity contribution in [1.29, 1.82) is 0 Å². The van der Waals surface area contributed by atoms with Gasteiger partial charge in [0.1, 0.15) is 17.3 Å². The first-order chi connectivity index (χ1) is 7.66. The highest BCUT2D eigenvalue weighted by Gasteiger charge is 2.22. The molecule has 0 aromatic carbocycles. The topological polar surface area (TPSA) is 50.3 Å². The number of ketones is 1. The Morgan fingerprint density at radius 1 is 1.31 bits per heavy atom. The summed E-state index contributed by atoms with van der Waals surface area (Å²) < 4.78 is 12.6. The monoisotopic (exact) mass is 222 g/mol. The molecular weight excluding hydrogens is 211 g/mol. The number of aromatic nitrogens is 1. The lowest BCUT2D eigenvalue weighted by atomic mass is 10.1. The molecule has 0 unspecified atom stereocenters. The fraction of sp³-hybridized carbons (Fsp3) is 0.364. The molecule has 0 spiro atoms. The van der Waals surface area contributed by atoms with Crippen LogP contribution in [0, 0.1) is 5.82 Å². The maximum Gasteiger partial charge on any atom is 0.272 e. The van der Waals surface area contributed by atoms with Crippen molar-refractivity contribution in [3.8, 4) is 0 Å². The number of carbonyl (C=O) groups is 2. The van der Waals surface area contributed by atoms with Gasteiger partial charge in [0.25, 0.3) is 5.91 Å². The molecule has 84 valence electrons. The third kappa shape index (κ3) is 2.24. The molecule has 1 aromatic rings. The molecule has 5 heteroatoms. The van der Waals surface area contributed by atoms with Crippen LogP contribution in [0.3, 0.4) is 0 Å². The SMILES string of the molecule is O=C1CCN(C(=O)c2ccc(F)cn2)CC1. The van der Waals surface area contributed by atoms with Crippen molar-refractivity contribution in [2.45, 2.75) is 12.8 Å². The van der Waals surface area contributed by atoms with Crippen LogP contribution >= 0.6 is 0 Å². The van der Waals surface area contributed by atoms with Crippen molar-refractivity contribution in [1.82, 2.24) is 9.88 Å². The summed E-state index contributed by atoms with van der Waals surface area (Å²) in [7, 11) is 0. The Morgan fingerprint density at radius 3 is 2.56 bits per heavy atom. The van der Waals surface area contributed by atoms with E-state index in [2.05, 4.69) is 4.98 Å². The van der Waals surface area contributed by atoms with Gasteiger partial charge in [-0.2, -0.15) is 0 Å². The Kier molecular flexibility index (Phi) is 2.94. The second kappa shape index (κ2) is 4.38. The molecule has 2 heterocycles. The van der Waals surface area contributed by atoms with Gasteiger partial charge in [-0.1, -0.05) is 0 Å². The molecule has 1 aliphatic rings. The third-order valence-electron chi connectivity index (χ3n) is 2.55. The summed E-state index contributed by atoms with van der Waals surface area (Å²) in [5, 5.41) is 0. The number of likely N-dealkylation sites (tertiary alicyclic amines) is 1. The molecule has 0 atom stereocenters. The number of halogens is 1. The number of carbonyl (C=O) groups excluding carboxylic acids is 2. The Morgan fingerprint density at radius 2 is 2.00 bits per heavy atom. The minimum atomic E-state index is -0.467. The van der Waals surface area contributed by atoms with Crippen molar-refractivity contribution in [2.24, 2.45) is 0 Å². The number of rotatable bonds is 1. The van der Waals surface area contributed by atoms with Gasteiger partial charge >= 0.3 is 0 Å². The van der Waals surface area contributed by atoms with E-state index in [1.54, 1.807) is 4.90 Å². The van der Waals surface area contributed by atoms with Crippen LogP contribution in [0.1, 0.15) is 23.3 Å². The second-order valence-electron chi connectivity index (χ2n) is 3.69. The second-order valence-corrected chi connectivity index (χ2v) is 3.69. The van der Waals surface area contributed by atoms with Crippen LogP contribution < -0.4 is 0 Å². The quantitative estimate of drug-likeness (QED) is 0.713. The van der Waals surface area contributed by atoms with Gasteiger partial charge in [-0.25, -0.2) is 9.37 Å². The van der Waals surface area contributed by atoms with E-state index in [1.165, 1.54) is 12.1 Å². The Hall–Kier alpha value is -1.78. The van der Waals surface area contributed by atoms with E-state index in [0.717, 1.165) is 6.20 Å². The van der Waals surface area contributed by atoms with Gasteiger partial charge < -0.3 is 4.90 Å². The van der Waals surface area contributed by atoms with E-state index < -0.39 is 5.82 Å². The Labute approximate surface area is 92.1 Å². The van der Waals surface area contributed by atoms with Gasteiger partial charge in [-0.15, -0.1) is 0 Å². The zero-order valence-electron chi connectivity index (χ0n) is 8.65. The normalized spacial score (nSPS) is 16.3. The van der Waals surface area contributed by atoms with Gasteiger partial charge in [0, 0.05) is 25.9 Å². The summed E-state index contributed by atoms with van der Waals surface area (Å²) in [6.45, 7) is 0.855. The molecule has 1 saturated heterocycles. The molecule has 2 rings (SSSR count). The van der Waals surface area contributed by atoms with Crippen molar-refractivity contribution in [2.75, 3.05) is 13.1 Å². The minimum absolute atomic E-state index is 0.177. The fourth-order valence-electron chi connectivity index (χ4n) is 1.62. The van der Waals surface area contributed by atoms with Crippen LogP contribution in [-0.2, 0) is 4.79 Å². The summed E-state index contributed by atoms with van der Waals surface area (Å²) in [6.07, 6.45) is 1.81. The average molecular weight is 222 g/mol. The largest absolute Gasteiger partial charge is 0.336 e. The predicted molar refractivity (Wildman–Crippen MR) is 54.3 cm³/mol. The van der Waals surface area contributed by atoms with Crippen molar-refractivity contribution in [3.63, 3.8) is 0 Å². The van der Waals surface area contributed by atoms with Crippen LogP contribution in [0.2, 0.25) is 0 Å². The van der Waals surface area contributed by atoms with Crippen LogP contribution in [-0.4, -0.2) is 34.7 Å². The predicted octanol–water partition coefficient (Wildman–Crippen LogP) is 1.03. The van der Waals surface area contributed by atoms with Crippen molar-refractivity contribution < 1.29 is 14.0 Å².